The number of benzene rings is 1. The molecule has 1 aliphatic carbocycles. The molecule has 1 aromatic heterocycles. The zero-order chi connectivity index (χ0) is 14.8. The van der Waals surface area contributed by atoms with Crippen LogP contribution in [-0.2, 0) is 20.0 Å². The molecular formula is C16H19F2N3. The number of aromatic nitrogens is 2. The summed E-state index contributed by atoms with van der Waals surface area (Å²) in [6.45, 7) is 0.597. The normalized spacial score (nSPS) is 18.0. The molecule has 3 nitrogen and oxygen atoms in total. The van der Waals surface area contributed by atoms with E-state index < -0.39 is 6.43 Å². The molecule has 0 radical (unpaired) electrons. The number of rotatable bonds is 4. The van der Waals surface area contributed by atoms with Crippen molar-refractivity contribution in [3.05, 3.63) is 52.8 Å². The first-order valence-corrected chi connectivity index (χ1v) is 7.26. The summed E-state index contributed by atoms with van der Waals surface area (Å²) in [6.07, 6.45) is 2.76. The van der Waals surface area contributed by atoms with E-state index in [0.29, 0.717) is 6.54 Å². The lowest BCUT2D eigenvalue weighted by molar-refractivity contribution is 0.151. The second kappa shape index (κ2) is 5.93. The summed E-state index contributed by atoms with van der Waals surface area (Å²) in [6, 6.07) is 6.87. The molecule has 0 amide bonds. The van der Waals surface area contributed by atoms with E-state index in [-0.39, 0.29) is 11.6 Å². The van der Waals surface area contributed by atoms with Gasteiger partial charge in [-0.2, -0.15) is 5.10 Å². The van der Waals surface area contributed by atoms with E-state index in [9.17, 15) is 8.78 Å². The standard InChI is InChI=1S/C16H19F2N3/c1-21-15-7-3-6-14(13(15)10-20-21)19-9-11-4-2-5-12(8-11)16(17)18/h2,4-5,8,10,14,16,19H,3,6-7,9H2,1H3. The summed E-state index contributed by atoms with van der Waals surface area (Å²) in [5.41, 5.74) is 3.50. The maximum atomic E-state index is 12.7. The zero-order valence-corrected chi connectivity index (χ0v) is 12.0. The smallest absolute Gasteiger partial charge is 0.263 e. The molecule has 1 aromatic carbocycles. The fraction of sp³-hybridized carbons (Fsp3) is 0.438. The number of hydrogen-bond donors (Lipinski definition) is 1. The molecule has 0 spiro atoms. The van der Waals surface area contributed by atoms with Gasteiger partial charge in [-0.3, -0.25) is 4.68 Å². The molecule has 21 heavy (non-hydrogen) atoms. The molecule has 1 aliphatic rings. The Labute approximate surface area is 123 Å². The van der Waals surface area contributed by atoms with E-state index in [1.54, 1.807) is 12.1 Å². The highest BCUT2D eigenvalue weighted by molar-refractivity contribution is 5.27. The Balaban J connectivity index is 1.70. The lowest BCUT2D eigenvalue weighted by atomic mass is 9.93. The largest absolute Gasteiger partial charge is 0.306 e. The summed E-state index contributed by atoms with van der Waals surface area (Å²) in [7, 11) is 1.97. The van der Waals surface area contributed by atoms with Gasteiger partial charge in [0.2, 0.25) is 0 Å². The Hall–Kier alpha value is -1.75. The van der Waals surface area contributed by atoms with Gasteiger partial charge < -0.3 is 5.32 Å². The van der Waals surface area contributed by atoms with Crippen molar-refractivity contribution in [3.63, 3.8) is 0 Å². The Morgan fingerprint density at radius 1 is 1.43 bits per heavy atom. The third-order valence-electron chi connectivity index (χ3n) is 4.13. The van der Waals surface area contributed by atoms with E-state index >= 15 is 0 Å². The molecule has 0 saturated heterocycles. The highest BCUT2D eigenvalue weighted by atomic mass is 19.3. The highest BCUT2D eigenvalue weighted by Crippen LogP contribution is 2.29. The van der Waals surface area contributed by atoms with Gasteiger partial charge in [-0.05, 0) is 30.9 Å². The van der Waals surface area contributed by atoms with E-state index in [4.69, 9.17) is 0 Å². The van der Waals surface area contributed by atoms with Gasteiger partial charge in [0, 0.05) is 36.5 Å². The number of aryl methyl sites for hydroxylation is 1. The van der Waals surface area contributed by atoms with Crippen LogP contribution in [0.5, 0.6) is 0 Å². The fourth-order valence-electron chi connectivity index (χ4n) is 3.00. The average Bonchev–Trinajstić information content (AvgIpc) is 2.88. The molecule has 1 heterocycles. The van der Waals surface area contributed by atoms with Gasteiger partial charge >= 0.3 is 0 Å². The number of nitrogens with zero attached hydrogens (tertiary/aromatic N) is 2. The second-order valence-electron chi connectivity index (χ2n) is 5.54. The summed E-state index contributed by atoms with van der Waals surface area (Å²) in [4.78, 5) is 0. The second-order valence-corrected chi connectivity index (χ2v) is 5.54. The van der Waals surface area contributed by atoms with Crippen LogP contribution in [0.4, 0.5) is 8.78 Å². The number of nitrogens with one attached hydrogen (secondary N) is 1. The van der Waals surface area contributed by atoms with Crippen LogP contribution in [0.1, 0.15) is 47.7 Å². The molecule has 1 unspecified atom stereocenters. The topological polar surface area (TPSA) is 29.9 Å². The van der Waals surface area contributed by atoms with Crippen LogP contribution >= 0.6 is 0 Å². The number of hydrogen-bond acceptors (Lipinski definition) is 2. The molecule has 0 aliphatic heterocycles. The van der Waals surface area contributed by atoms with Gasteiger partial charge in [-0.25, -0.2) is 8.78 Å². The van der Waals surface area contributed by atoms with Gasteiger partial charge in [0.25, 0.3) is 6.43 Å². The van der Waals surface area contributed by atoms with Crippen molar-refractivity contribution < 1.29 is 8.78 Å². The lowest BCUT2D eigenvalue weighted by Crippen LogP contribution is -2.25. The quantitative estimate of drug-likeness (QED) is 0.934. The summed E-state index contributed by atoms with van der Waals surface area (Å²) in [5.74, 6) is 0. The Bertz CT molecular complexity index is 622. The van der Waals surface area contributed by atoms with Crippen molar-refractivity contribution in [1.82, 2.24) is 15.1 Å². The molecule has 0 fully saturated rings. The number of halogens is 2. The van der Waals surface area contributed by atoms with Crippen LogP contribution in [0.25, 0.3) is 0 Å². The molecule has 0 bridgehead atoms. The minimum absolute atomic E-state index is 0.0833. The van der Waals surface area contributed by atoms with Gasteiger partial charge in [0.15, 0.2) is 0 Å². The maximum absolute atomic E-state index is 12.7. The van der Waals surface area contributed by atoms with E-state index in [0.717, 1.165) is 24.8 Å². The minimum Gasteiger partial charge on any atom is -0.306 e. The van der Waals surface area contributed by atoms with Crippen LogP contribution in [0.2, 0.25) is 0 Å². The zero-order valence-electron chi connectivity index (χ0n) is 12.0. The average molecular weight is 291 g/mol. The molecule has 2 aromatic rings. The molecule has 5 heteroatoms. The van der Waals surface area contributed by atoms with Crippen molar-refractivity contribution in [1.29, 1.82) is 0 Å². The predicted molar refractivity (Wildman–Crippen MR) is 77.1 cm³/mol. The van der Waals surface area contributed by atoms with Crippen LogP contribution in [0.3, 0.4) is 0 Å². The van der Waals surface area contributed by atoms with Crippen LogP contribution in [0, 0.1) is 0 Å². The molecule has 1 atom stereocenters. The summed E-state index contributed by atoms with van der Waals surface area (Å²) >= 11 is 0. The van der Waals surface area contributed by atoms with E-state index in [1.807, 2.05) is 24.0 Å². The van der Waals surface area contributed by atoms with Crippen molar-refractivity contribution in [2.45, 2.75) is 38.3 Å². The van der Waals surface area contributed by atoms with Crippen molar-refractivity contribution in [2.75, 3.05) is 0 Å². The van der Waals surface area contributed by atoms with Gasteiger partial charge in [-0.1, -0.05) is 18.2 Å². The third-order valence-corrected chi connectivity index (χ3v) is 4.13. The first-order valence-electron chi connectivity index (χ1n) is 7.26. The summed E-state index contributed by atoms with van der Waals surface area (Å²) < 4.78 is 27.4. The van der Waals surface area contributed by atoms with Crippen LogP contribution in [0.15, 0.2) is 30.5 Å². The number of fused-ring (bicyclic) bond motifs is 1. The molecule has 112 valence electrons. The van der Waals surface area contributed by atoms with Crippen LogP contribution in [-0.4, -0.2) is 9.78 Å². The van der Waals surface area contributed by atoms with Crippen molar-refractivity contribution >= 4 is 0 Å². The fourth-order valence-corrected chi connectivity index (χ4v) is 3.00. The molecule has 1 N–H and O–H groups in total. The van der Waals surface area contributed by atoms with Gasteiger partial charge in [0.05, 0.1) is 6.20 Å². The molecule has 3 rings (SSSR count). The Morgan fingerprint density at radius 2 is 2.29 bits per heavy atom. The first-order chi connectivity index (χ1) is 10.1. The van der Waals surface area contributed by atoms with E-state index in [2.05, 4.69) is 10.4 Å². The highest BCUT2D eigenvalue weighted by Gasteiger charge is 2.22. The number of alkyl halides is 2. The van der Waals surface area contributed by atoms with E-state index in [1.165, 1.54) is 17.3 Å². The predicted octanol–water partition coefficient (Wildman–Crippen LogP) is 3.52. The Morgan fingerprint density at radius 3 is 3.10 bits per heavy atom. The Kier molecular flexibility index (Phi) is 4.01. The van der Waals surface area contributed by atoms with Crippen molar-refractivity contribution in [2.24, 2.45) is 7.05 Å². The molecular weight excluding hydrogens is 272 g/mol. The van der Waals surface area contributed by atoms with Gasteiger partial charge in [0.1, 0.15) is 0 Å². The minimum atomic E-state index is -2.41. The summed E-state index contributed by atoms with van der Waals surface area (Å²) in [5, 5.41) is 7.79. The monoisotopic (exact) mass is 291 g/mol. The van der Waals surface area contributed by atoms with Gasteiger partial charge in [-0.15, -0.1) is 0 Å². The SMILES string of the molecule is Cn1ncc2c1CCCC2NCc1cccc(C(F)F)c1. The molecule has 0 saturated carbocycles. The lowest BCUT2D eigenvalue weighted by Gasteiger charge is -2.24. The van der Waals surface area contributed by atoms with Crippen LogP contribution < -0.4 is 5.32 Å². The maximum Gasteiger partial charge on any atom is 0.263 e. The first kappa shape index (κ1) is 14.2. The van der Waals surface area contributed by atoms with Crippen molar-refractivity contribution in [3.8, 4) is 0 Å². The third kappa shape index (κ3) is 2.97.